The minimum absolute atomic E-state index is 0.0789. The van der Waals surface area contributed by atoms with Gasteiger partial charge in [0, 0.05) is 12.3 Å². The molecular formula is C10H21N3OSi2. The smallest absolute Gasteiger partial charge is 0.305 e. The number of hydrogen-bond acceptors (Lipinski definition) is 2. The molecule has 16 heavy (non-hydrogen) atoms. The Bertz CT molecular complexity index is 306. The zero-order valence-corrected chi connectivity index (χ0v) is 13.0. The fraction of sp³-hybridized carbons (Fsp3) is 0.600. The van der Waals surface area contributed by atoms with Crippen molar-refractivity contribution >= 4 is 22.5 Å². The van der Waals surface area contributed by atoms with Crippen LogP contribution in [-0.4, -0.2) is 26.7 Å². The largest absolute Gasteiger partial charge is 0.378 e. The summed E-state index contributed by atoms with van der Waals surface area (Å²) in [6.45, 7) is 12.9. The van der Waals surface area contributed by atoms with Gasteiger partial charge in [-0.1, -0.05) is 39.3 Å². The maximum Gasteiger partial charge on any atom is 0.305 e. The van der Waals surface area contributed by atoms with Crippen LogP contribution in [0.3, 0.4) is 0 Å². The summed E-state index contributed by atoms with van der Waals surface area (Å²) >= 11 is 0. The van der Waals surface area contributed by atoms with E-state index in [1.165, 1.54) is 12.3 Å². The van der Waals surface area contributed by atoms with Gasteiger partial charge in [0.1, 0.15) is 16.5 Å². The molecular weight excluding hydrogens is 234 g/mol. The lowest BCUT2D eigenvalue weighted by atomic mass is 10.7. The Labute approximate surface area is 100 Å². The Morgan fingerprint density at radius 2 is 1.62 bits per heavy atom. The van der Waals surface area contributed by atoms with E-state index < -0.39 is 16.5 Å². The molecule has 0 saturated heterocycles. The Balaban J connectivity index is 4.89. The summed E-state index contributed by atoms with van der Waals surface area (Å²) in [6.07, 6.45) is 2.67. The number of carbonyl (C=O) groups is 1. The van der Waals surface area contributed by atoms with Crippen LogP contribution in [0, 0.1) is 11.3 Å². The fourth-order valence-corrected chi connectivity index (χ4v) is 11.2. The van der Waals surface area contributed by atoms with Crippen molar-refractivity contribution in [2.24, 2.45) is 0 Å². The SMILES string of the molecule is C[Si](C)(C)N(C(=O)NC=CC#N)[Si](C)(C)C. The van der Waals surface area contributed by atoms with Crippen LogP contribution in [0.4, 0.5) is 4.79 Å². The summed E-state index contributed by atoms with van der Waals surface area (Å²) in [7, 11) is -3.36. The highest BCUT2D eigenvalue weighted by molar-refractivity contribution is 6.92. The van der Waals surface area contributed by atoms with E-state index in [2.05, 4.69) is 44.6 Å². The van der Waals surface area contributed by atoms with E-state index in [0.717, 1.165) is 0 Å². The van der Waals surface area contributed by atoms with E-state index in [0.29, 0.717) is 0 Å². The second-order valence-electron chi connectivity index (χ2n) is 5.59. The number of allylic oxidation sites excluding steroid dienone is 1. The molecule has 0 fully saturated rings. The van der Waals surface area contributed by atoms with Gasteiger partial charge in [-0.15, -0.1) is 0 Å². The molecule has 0 saturated carbocycles. The average Bonchev–Trinajstić information content (AvgIpc) is 1.98. The molecule has 0 aromatic rings. The molecule has 0 aliphatic heterocycles. The van der Waals surface area contributed by atoms with Gasteiger partial charge in [0.25, 0.3) is 0 Å². The molecule has 0 bridgehead atoms. The molecule has 0 heterocycles. The number of carbonyl (C=O) groups excluding carboxylic acids is 1. The number of amides is 2. The highest BCUT2D eigenvalue weighted by atomic mass is 28.4. The first kappa shape index (κ1) is 14.9. The molecule has 0 unspecified atom stereocenters. The van der Waals surface area contributed by atoms with Gasteiger partial charge >= 0.3 is 6.03 Å². The first-order chi connectivity index (χ1) is 7.10. The van der Waals surface area contributed by atoms with E-state index in [-0.39, 0.29) is 6.03 Å². The van der Waals surface area contributed by atoms with Crippen LogP contribution in [0.25, 0.3) is 0 Å². The van der Waals surface area contributed by atoms with Crippen molar-refractivity contribution in [3.05, 3.63) is 12.3 Å². The third kappa shape index (κ3) is 4.64. The van der Waals surface area contributed by atoms with Crippen LogP contribution >= 0.6 is 0 Å². The first-order valence-corrected chi connectivity index (χ1v) is 12.2. The zero-order chi connectivity index (χ0) is 13.0. The molecule has 0 aromatic heterocycles. The molecule has 0 aliphatic rings. The lowest BCUT2D eigenvalue weighted by molar-refractivity contribution is 0.237. The van der Waals surface area contributed by atoms with Crippen LogP contribution in [0.5, 0.6) is 0 Å². The normalized spacial score (nSPS) is 12.3. The second-order valence-corrected chi connectivity index (χ2v) is 15.6. The molecule has 0 spiro atoms. The Morgan fingerprint density at radius 3 is 1.94 bits per heavy atom. The maximum absolute atomic E-state index is 12.0. The molecule has 0 radical (unpaired) electrons. The number of urea groups is 1. The van der Waals surface area contributed by atoms with Crippen molar-refractivity contribution < 1.29 is 4.79 Å². The van der Waals surface area contributed by atoms with Crippen molar-refractivity contribution in [3.8, 4) is 6.07 Å². The second kappa shape index (κ2) is 5.32. The number of nitriles is 1. The summed E-state index contributed by atoms with van der Waals surface area (Å²) in [4.78, 5) is 12.0. The number of rotatable bonds is 3. The maximum atomic E-state index is 12.0. The van der Waals surface area contributed by atoms with E-state index in [1.54, 1.807) is 0 Å². The van der Waals surface area contributed by atoms with E-state index in [1.807, 2.05) is 10.3 Å². The minimum Gasteiger partial charge on any atom is -0.378 e. The Hall–Kier alpha value is -1.07. The molecule has 90 valence electrons. The lowest BCUT2D eigenvalue weighted by Gasteiger charge is -2.43. The fourth-order valence-electron chi connectivity index (χ4n) is 1.83. The van der Waals surface area contributed by atoms with Gasteiger partial charge in [0.15, 0.2) is 0 Å². The van der Waals surface area contributed by atoms with E-state index >= 15 is 0 Å². The summed E-state index contributed by atoms with van der Waals surface area (Å²) in [5.41, 5.74) is 0. The zero-order valence-electron chi connectivity index (χ0n) is 11.0. The third-order valence-electron chi connectivity index (χ3n) is 1.91. The van der Waals surface area contributed by atoms with Gasteiger partial charge in [0.2, 0.25) is 0 Å². The molecule has 0 aliphatic carbocycles. The molecule has 1 N–H and O–H groups in total. The van der Waals surface area contributed by atoms with E-state index in [9.17, 15) is 4.79 Å². The Morgan fingerprint density at radius 1 is 1.19 bits per heavy atom. The highest BCUT2D eigenvalue weighted by Gasteiger charge is 2.37. The monoisotopic (exact) mass is 255 g/mol. The molecule has 0 atom stereocenters. The van der Waals surface area contributed by atoms with E-state index in [4.69, 9.17) is 5.26 Å². The van der Waals surface area contributed by atoms with Gasteiger partial charge in [-0.2, -0.15) is 5.26 Å². The van der Waals surface area contributed by atoms with Crippen LogP contribution in [0.15, 0.2) is 12.3 Å². The predicted molar refractivity (Wildman–Crippen MR) is 71.8 cm³/mol. The van der Waals surface area contributed by atoms with Crippen LogP contribution in [0.1, 0.15) is 0 Å². The average molecular weight is 255 g/mol. The quantitative estimate of drug-likeness (QED) is 0.623. The van der Waals surface area contributed by atoms with Crippen LogP contribution in [-0.2, 0) is 0 Å². The van der Waals surface area contributed by atoms with Gasteiger partial charge in [-0.25, -0.2) is 0 Å². The summed E-state index contributed by atoms with van der Waals surface area (Å²) < 4.78 is 2.03. The Kier molecular flexibility index (Phi) is 4.96. The number of nitrogens with zero attached hydrogens (tertiary/aromatic N) is 2. The van der Waals surface area contributed by atoms with Crippen LogP contribution in [0.2, 0.25) is 39.3 Å². The first-order valence-electron chi connectivity index (χ1n) is 5.26. The topological polar surface area (TPSA) is 56.1 Å². The molecule has 2 amide bonds. The standard InChI is InChI=1S/C10H21N3OSi2/c1-15(2,3)13(16(4,5)6)10(14)12-9-7-8-11/h7,9H,1-6H3,(H,12,14). The molecule has 4 nitrogen and oxygen atoms in total. The minimum atomic E-state index is -1.68. The van der Waals surface area contributed by atoms with Crippen LogP contribution < -0.4 is 5.32 Å². The van der Waals surface area contributed by atoms with Gasteiger partial charge in [0.05, 0.1) is 6.07 Å². The van der Waals surface area contributed by atoms with Crippen molar-refractivity contribution in [2.45, 2.75) is 39.3 Å². The summed E-state index contributed by atoms with van der Waals surface area (Å²) in [5.74, 6) is 0. The summed E-state index contributed by atoms with van der Waals surface area (Å²) in [5, 5.41) is 11.0. The lowest BCUT2D eigenvalue weighted by Crippen LogP contribution is -2.63. The van der Waals surface area contributed by atoms with Crippen molar-refractivity contribution in [2.75, 3.05) is 0 Å². The molecule has 6 heteroatoms. The third-order valence-corrected chi connectivity index (χ3v) is 9.02. The van der Waals surface area contributed by atoms with Crippen molar-refractivity contribution in [1.29, 1.82) is 5.26 Å². The number of hydrogen-bond donors (Lipinski definition) is 1. The number of nitrogens with one attached hydrogen (secondary N) is 1. The molecule has 0 rings (SSSR count). The van der Waals surface area contributed by atoms with Gasteiger partial charge in [-0.05, 0) is 0 Å². The van der Waals surface area contributed by atoms with Gasteiger partial charge < -0.3 is 9.55 Å². The predicted octanol–water partition coefficient (Wildman–Crippen LogP) is 2.71. The highest BCUT2D eigenvalue weighted by Crippen LogP contribution is 2.19. The van der Waals surface area contributed by atoms with Crippen molar-refractivity contribution in [3.63, 3.8) is 0 Å². The van der Waals surface area contributed by atoms with Gasteiger partial charge in [-0.3, -0.25) is 4.79 Å². The van der Waals surface area contributed by atoms with Crippen molar-refractivity contribution in [1.82, 2.24) is 9.55 Å². The summed E-state index contributed by atoms with van der Waals surface area (Å²) in [6, 6.07) is 1.77. The molecule has 0 aromatic carbocycles.